The monoisotopic (exact) mass is 254 g/mol. The largest absolute Gasteiger partial charge is 0.465 e. The van der Waals surface area contributed by atoms with Crippen LogP contribution in [-0.2, 0) is 9.53 Å². The van der Waals surface area contributed by atoms with Crippen LogP contribution in [0.3, 0.4) is 0 Å². The number of ether oxygens (including phenoxy) is 1. The van der Waals surface area contributed by atoms with Crippen molar-refractivity contribution in [3.8, 4) is 0 Å². The molecule has 0 spiro atoms. The van der Waals surface area contributed by atoms with Crippen LogP contribution in [-0.4, -0.2) is 25.0 Å². The smallest absolute Gasteiger partial charge is 0.340 e. The van der Waals surface area contributed by atoms with Crippen molar-refractivity contribution in [2.24, 2.45) is 5.73 Å². The molecular weight excluding hydrogens is 239 g/mol. The summed E-state index contributed by atoms with van der Waals surface area (Å²) >= 11 is 0. The van der Waals surface area contributed by atoms with Crippen molar-refractivity contribution in [2.45, 2.75) is 19.4 Å². The Hall–Kier alpha value is -1.95. The molecule has 18 heavy (non-hydrogen) atoms. The van der Waals surface area contributed by atoms with Gasteiger partial charge in [0.1, 0.15) is 5.82 Å². The van der Waals surface area contributed by atoms with E-state index in [0.29, 0.717) is 0 Å². The summed E-state index contributed by atoms with van der Waals surface area (Å²) in [5.74, 6) is -1.65. The average Bonchev–Trinajstić information content (AvgIpc) is 2.29. The summed E-state index contributed by atoms with van der Waals surface area (Å²) in [5, 5.41) is 2.50. The third-order valence-electron chi connectivity index (χ3n) is 2.17. The second-order valence-electron chi connectivity index (χ2n) is 3.91. The molecule has 0 saturated heterocycles. The molecule has 0 aliphatic rings. The molecule has 0 fully saturated rings. The second-order valence-corrected chi connectivity index (χ2v) is 3.91. The Morgan fingerprint density at radius 2 is 2.17 bits per heavy atom. The number of amides is 1. The summed E-state index contributed by atoms with van der Waals surface area (Å²) in [5.41, 5.74) is 5.65. The Morgan fingerprint density at radius 3 is 2.72 bits per heavy atom. The molecule has 1 aromatic rings. The van der Waals surface area contributed by atoms with Crippen molar-refractivity contribution in [3.63, 3.8) is 0 Å². The van der Waals surface area contributed by atoms with E-state index >= 15 is 0 Å². The number of nitrogens with one attached hydrogen (secondary N) is 1. The van der Waals surface area contributed by atoms with Gasteiger partial charge in [-0.1, -0.05) is 0 Å². The highest BCUT2D eigenvalue weighted by molar-refractivity contribution is 6.01. The van der Waals surface area contributed by atoms with Gasteiger partial charge in [-0.05, 0) is 25.1 Å². The van der Waals surface area contributed by atoms with Crippen molar-refractivity contribution in [3.05, 3.63) is 29.6 Å². The lowest BCUT2D eigenvalue weighted by Gasteiger charge is -2.11. The van der Waals surface area contributed by atoms with Crippen LogP contribution in [0.2, 0.25) is 0 Å². The number of methoxy groups -OCH3 is 1. The van der Waals surface area contributed by atoms with Crippen molar-refractivity contribution in [1.82, 2.24) is 0 Å². The zero-order chi connectivity index (χ0) is 13.7. The van der Waals surface area contributed by atoms with E-state index in [0.717, 1.165) is 12.1 Å². The summed E-state index contributed by atoms with van der Waals surface area (Å²) in [6, 6.07) is 3.16. The molecule has 1 aromatic carbocycles. The highest BCUT2D eigenvalue weighted by Gasteiger charge is 2.15. The molecule has 98 valence electrons. The molecule has 0 heterocycles. The number of rotatable bonds is 4. The van der Waals surface area contributed by atoms with Gasteiger partial charge in [0.15, 0.2) is 0 Å². The fourth-order valence-electron chi connectivity index (χ4n) is 1.40. The Kier molecular flexibility index (Phi) is 4.79. The number of carbonyl (C=O) groups excluding carboxylic acids is 2. The van der Waals surface area contributed by atoms with Gasteiger partial charge in [-0.3, -0.25) is 4.79 Å². The summed E-state index contributed by atoms with van der Waals surface area (Å²) in [4.78, 5) is 23.0. The van der Waals surface area contributed by atoms with Crippen LogP contribution in [0.1, 0.15) is 23.7 Å². The lowest BCUT2D eigenvalue weighted by atomic mass is 10.1. The molecule has 0 radical (unpaired) electrons. The molecular formula is C12H15FN2O3. The van der Waals surface area contributed by atoms with E-state index in [2.05, 4.69) is 10.1 Å². The van der Waals surface area contributed by atoms with Gasteiger partial charge in [0.05, 0.1) is 18.4 Å². The molecule has 0 bridgehead atoms. The minimum atomic E-state index is -0.717. The first-order valence-electron chi connectivity index (χ1n) is 5.37. The normalized spacial score (nSPS) is 11.8. The zero-order valence-electron chi connectivity index (χ0n) is 10.2. The zero-order valence-corrected chi connectivity index (χ0v) is 10.2. The predicted octanol–water partition coefficient (Wildman–Crippen LogP) is 1.29. The van der Waals surface area contributed by atoms with Gasteiger partial charge in [0.2, 0.25) is 5.91 Å². The minimum absolute atomic E-state index is 0.0319. The van der Waals surface area contributed by atoms with Gasteiger partial charge in [-0.25, -0.2) is 9.18 Å². The van der Waals surface area contributed by atoms with Crippen molar-refractivity contribution < 1.29 is 18.7 Å². The number of halogens is 1. The average molecular weight is 254 g/mol. The highest BCUT2D eigenvalue weighted by atomic mass is 19.1. The van der Waals surface area contributed by atoms with E-state index in [1.807, 2.05) is 0 Å². The number of nitrogens with two attached hydrogens (primary N) is 1. The number of carbonyl (C=O) groups is 2. The van der Waals surface area contributed by atoms with Crippen LogP contribution in [0.15, 0.2) is 18.2 Å². The van der Waals surface area contributed by atoms with Crippen LogP contribution in [0.25, 0.3) is 0 Å². The Morgan fingerprint density at radius 1 is 1.50 bits per heavy atom. The van der Waals surface area contributed by atoms with Crippen LogP contribution >= 0.6 is 0 Å². The SMILES string of the molecule is COC(=O)c1cc(F)ccc1NC(=O)CC(C)N. The molecule has 0 aliphatic heterocycles. The predicted molar refractivity (Wildman–Crippen MR) is 64.6 cm³/mol. The molecule has 0 saturated carbocycles. The molecule has 0 aromatic heterocycles. The van der Waals surface area contributed by atoms with E-state index in [1.165, 1.54) is 13.2 Å². The fraction of sp³-hybridized carbons (Fsp3) is 0.333. The molecule has 6 heteroatoms. The summed E-state index contributed by atoms with van der Waals surface area (Å²) in [6.45, 7) is 1.69. The molecule has 3 N–H and O–H groups in total. The third-order valence-corrected chi connectivity index (χ3v) is 2.17. The van der Waals surface area contributed by atoms with Crippen molar-refractivity contribution in [1.29, 1.82) is 0 Å². The van der Waals surface area contributed by atoms with E-state index in [4.69, 9.17) is 5.73 Å². The minimum Gasteiger partial charge on any atom is -0.465 e. The lowest BCUT2D eigenvalue weighted by Crippen LogP contribution is -2.24. The maximum absolute atomic E-state index is 13.1. The second kappa shape index (κ2) is 6.11. The summed E-state index contributed by atoms with van der Waals surface area (Å²) in [6.07, 6.45) is 0.109. The molecule has 1 rings (SSSR count). The molecule has 1 amide bonds. The highest BCUT2D eigenvalue weighted by Crippen LogP contribution is 2.18. The van der Waals surface area contributed by atoms with Gasteiger partial charge in [-0.15, -0.1) is 0 Å². The quantitative estimate of drug-likeness (QED) is 0.793. The standard InChI is InChI=1S/C12H15FN2O3/c1-7(14)5-11(16)15-10-4-3-8(13)6-9(10)12(17)18-2/h3-4,6-7H,5,14H2,1-2H3,(H,15,16). The Bertz CT molecular complexity index is 461. The van der Waals surface area contributed by atoms with Crippen LogP contribution in [0.5, 0.6) is 0 Å². The number of esters is 1. The van der Waals surface area contributed by atoms with Gasteiger partial charge < -0.3 is 15.8 Å². The third kappa shape index (κ3) is 3.81. The van der Waals surface area contributed by atoms with Gasteiger partial charge in [-0.2, -0.15) is 0 Å². The Balaban J connectivity index is 2.94. The first-order valence-corrected chi connectivity index (χ1v) is 5.37. The first kappa shape index (κ1) is 14.1. The van der Waals surface area contributed by atoms with Crippen molar-refractivity contribution in [2.75, 3.05) is 12.4 Å². The topological polar surface area (TPSA) is 81.4 Å². The van der Waals surface area contributed by atoms with Gasteiger partial charge >= 0.3 is 5.97 Å². The first-order chi connectivity index (χ1) is 8.43. The fourth-order valence-corrected chi connectivity index (χ4v) is 1.40. The van der Waals surface area contributed by atoms with E-state index in [-0.39, 0.29) is 29.6 Å². The number of benzene rings is 1. The molecule has 0 aliphatic carbocycles. The van der Waals surface area contributed by atoms with Crippen LogP contribution in [0, 0.1) is 5.82 Å². The number of hydrogen-bond acceptors (Lipinski definition) is 4. The number of hydrogen-bond donors (Lipinski definition) is 2. The van der Waals surface area contributed by atoms with Gasteiger partial charge in [0.25, 0.3) is 0 Å². The molecule has 5 nitrogen and oxygen atoms in total. The van der Waals surface area contributed by atoms with E-state index in [1.54, 1.807) is 6.92 Å². The summed E-state index contributed by atoms with van der Waals surface area (Å²) < 4.78 is 17.6. The number of anilines is 1. The summed E-state index contributed by atoms with van der Waals surface area (Å²) in [7, 11) is 1.18. The molecule has 1 atom stereocenters. The van der Waals surface area contributed by atoms with Gasteiger partial charge in [0, 0.05) is 12.5 Å². The maximum atomic E-state index is 13.1. The van der Waals surface area contributed by atoms with Crippen molar-refractivity contribution >= 4 is 17.6 Å². The lowest BCUT2D eigenvalue weighted by molar-refractivity contribution is -0.116. The van der Waals surface area contributed by atoms with Crippen LogP contribution < -0.4 is 11.1 Å². The Labute approximate surface area is 104 Å². The van der Waals surface area contributed by atoms with E-state index < -0.39 is 11.8 Å². The molecule has 1 unspecified atom stereocenters. The maximum Gasteiger partial charge on any atom is 0.340 e. The van der Waals surface area contributed by atoms with Crippen LogP contribution in [0.4, 0.5) is 10.1 Å². The van der Waals surface area contributed by atoms with E-state index in [9.17, 15) is 14.0 Å².